The van der Waals surface area contributed by atoms with Crippen LogP contribution in [0.1, 0.15) is 47.8 Å². The summed E-state index contributed by atoms with van der Waals surface area (Å²) in [4.78, 5) is 11.0. The molecule has 0 unspecified atom stereocenters. The van der Waals surface area contributed by atoms with Gasteiger partial charge in [0, 0.05) is 11.2 Å². The molecule has 0 amide bonds. The third-order valence-corrected chi connectivity index (χ3v) is 4.07. The summed E-state index contributed by atoms with van der Waals surface area (Å²) < 4.78 is 7.72. The van der Waals surface area contributed by atoms with Gasteiger partial charge in [-0.05, 0) is 37.1 Å². The van der Waals surface area contributed by atoms with E-state index in [1.165, 1.54) is 25.7 Å². The molecule has 5 heteroatoms. The van der Waals surface area contributed by atoms with E-state index in [0.717, 1.165) is 12.0 Å². The molecule has 0 radical (unpaired) electrons. The minimum Gasteiger partial charge on any atom is -0.486 e. The van der Waals surface area contributed by atoms with E-state index >= 15 is 0 Å². The van der Waals surface area contributed by atoms with Crippen molar-refractivity contribution in [1.29, 1.82) is 0 Å². The lowest BCUT2D eigenvalue weighted by molar-refractivity contribution is 0.111. The smallest absolute Gasteiger partial charge is 0.153 e. The fourth-order valence-electron chi connectivity index (χ4n) is 2.72. The summed E-state index contributed by atoms with van der Waals surface area (Å²) in [6, 6.07) is 7.51. The minimum atomic E-state index is 0.349. The number of ether oxygens (including phenoxy) is 1. The second-order valence-corrected chi connectivity index (χ2v) is 5.75. The van der Waals surface area contributed by atoms with E-state index < -0.39 is 0 Å². The molecule has 1 aromatic heterocycles. The largest absolute Gasteiger partial charge is 0.486 e. The summed E-state index contributed by atoms with van der Waals surface area (Å²) in [6.45, 7) is 0.349. The monoisotopic (exact) mass is 304 g/mol. The highest BCUT2D eigenvalue weighted by Crippen LogP contribution is 2.29. The van der Waals surface area contributed by atoms with Gasteiger partial charge in [0.1, 0.15) is 12.4 Å². The number of hydrogen-bond donors (Lipinski definition) is 0. The molecule has 0 N–H and O–H groups in total. The van der Waals surface area contributed by atoms with Crippen molar-refractivity contribution in [2.45, 2.75) is 38.3 Å². The van der Waals surface area contributed by atoms with Crippen LogP contribution in [0.5, 0.6) is 5.75 Å². The number of carbonyl (C=O) groups excluding carboxylic acids is 1. The van der Waals surface area contributed by atoms with Crippen LogP contribution in [0, 0.1) is 0 Å². The first-order valence-electron chi connectivity index (χ1n) is 7.18. The third kappa shape index (κ3) is 3.27. The van der Waals surface area contributed by atoms with E-state index in [-0.39, 0.29) is 0 Å². The Bertz CT molecular complexity index is 633. The topological polar surface area (TPSA) is 44.1 Å². The fraction of sp³-hybridized carbons (Fsp3) is 0.375. The van der Waals surface area contributed by atoms with Crippen molar-refractivity contribution in [3.8, 4) is 5.75 Å². The van der Waals surface area contributed by atoms with Crippen LogP contribution < -0.4 is 4.74 Å². The molecule has 0 atom stereocenters. The lowest BCUT2D eigenvalue weighted by Crippen LogP contribution is -2.06. The van der Waals surface area contributed by atoms with Crippen molar-refractivity contribution in [2.75, 3.05) is 0 Å². The SMILES string of the molecule is O=Cc1cc(Cl)ccc1OCc1ccn(C2CCCC2)n1. The molecule has 4 nitrogen and oxygen atoms in total. The molecule has 0 saturated heterocycles. The molecule has 110 valence electrons. The summed E-state index contributed by atoms with van der Waals surface area (Å²) in [7, 11) is 0. The first-order chi connectivity index (χ1) is 10.3. The first-order valence-corrected chi connectivity index (χ1v) is 7.55. The summed E-state index contributed by atoms with van der Waals surface area (Å²) in [5.74, 6) is 0.532. The Hall–Kier alpha value is -1.81. The number of rotatable bonds is 5. The Morgan fingerprint density at radius 3 is 2.90 bits per heavy atom. The van der Waals surface area contributed by atoms with Crippen LogP contribution in [-0.2, 0) is 6.61 Å². The molecule has 3 rings (SSSR count). The standard InChI is InChI=1S/C16H17ClN2O2/c17-13-5-6-16(12(9-13)10-20)21-11-14-7-8-19(18-14)15-3-1-2-4-15/h5-10,15H,1-4,11H2. The molecule has 21 heavy (non-hydrogen) atoms. The lowest BCUT2D eigenvalue weighted by atomic mass is 10.2. The Labute approximate surface area is 128 Å². The minimum absolute atomic E-state index is 0.349. The van der Waals surface area contributed by atoms with Gasteiger partial charge in [-0.2, -0.15) is 5.10 Å². The van der Waals surface area contributed by atoms with E-state index in [1.54, 1.807) is 18.2 Å². The van der Waals surface area contributed by atoms with Gasteiger partial charge in [-0.15, -0.1) is 0 Å². The molecule has 1 aliphatic carbocycles. The highest BCUT2D eigenvalue weighted by atomic mass is 35.5. The number of halogens is 1. The third-order valence-electron chi connectivity index (χ3n) is 3.84. The maximum Gasteiger partial charge on any atom is 0.153 e. The maximum absolute atomic E-state index is 11.0. The van der Waals surface area contributed by atoms with Gasteiger partial charge in [0.25, 0.3) is 0 Å². The van der Waals surface area contributed by atoms with Crippen LogP contribution in [-0.4, -0.2) is 16.1 Å². The highest BCUT2D eigenvalue weighted by Gasteiger charge is 2.17. The first kappa shape index (κ1) is 14.1. The van der Waals surface area contributed by atoms with Crippen molar-refractivity contribution >= 4 is 17.9 Å². The molecule has 1 saturated carbocycles. The predicted molar refractivity (Wildman–Crippen MR) is 80.9 cm³/mol. The van der Waals surface area contributed by atoms with Gasteiger partial charge in [0.05, 0.1) is 17.3 Å². The molecule has 2 aromatic rings. The summed E-state index contributed by atoms with van der Waals surface area (Å²) in [5, 5.41) is 5.08. The number of benzene rings is 1. The Kier molecular flexibility index (Phi) is 4.25. The highest BCUT2D eigenvalue weighted by molar-refractivity contribution is 6.30. The fourth-order valence-corrected chi connectivity index (χ4v) is 2.90. The van der Waals surface area contributed by atoms with Crippen molar-refractivity contribution in [1.82, 2.24) is 9.78 Å². The zero-order valence-electron chi connectivity index (χ0n) is 11.7. The van der Waals surface area contributed by atoms with Gasteiger partial charge in [-0.25, -0.2) is 0 Å². The van der Waals surface area contributed by atoms with Crippen molar-refractivity contribution in [2.24, 2.45) is 0 Å². The van der Waals surface area contributed by atoms with Gasteiger partial charge in [-0.1, -0.05) is 24.4 Å². The number of carbonyl (C=O) groups is 1. The number of aldehydes is 1. The van der Waals surface area contributed by atoms with E-state index in [9.17, 15) is 4.79 Å². The zero-order chi connectivity index (χ0) is 14.7. The Balaban J connectivity index is 1.66. The van der Waals surface area contributed by atoms with E-state index in [1.807, 2.05) is 16.9 Å². The molecule has 1 heterocycles. The normalized spacial score (nSPS) is 15.3. The van der Waals surface area contributed by atoms with Crippen molar-refractivity contribution < 1.29 is 9.53 Å². The quantitative estimate of drug-likeness (QED) is 0.783. The summed E-state index contributed by atoms with van der Waals surface area (Å²) >= 11 is 5.86. The molecule has 0 aliphatic heterocycles. The molecular formula is C16H17ClN2O2. The molecule has 1 aliphatic rings. The maximum atomic E-state index is 11.0. The van der Waals surface area contributed by atoms with Gasteiger partial charge < -0.3 is 4.74 Å². The molecule has 1 fully saturated rings. The van der Waals surface area contributed by atoms with E-state index in [0.29, 0.717) is 29.0 Å². The van der Waals surface area contributed by atoms with Crippen molar-refractivity contribution in [3.05, 3.63) is 46.7 Å². The van der Waals surface area contributed by atoms with Gasteiger partial charge in [0.2, 0.25) is 0 Å². The Morgan fingerprint density at radius 2 is 2.14 bits per heavy atom. The van der Waals surface area contributed by atoms with Crippen LogP contribution in [0.25, 0.3) is 0 Å². The zero-order valence-corrected chi connectivity index (χ0v) is 12.4. The summed E-state index contributed by atoms with van der Waals surface area (Å²) in [5.41, 5.74) is 1.33. The predicted octanol–water partition coefficient (Wildman–Crippen LogP) is 4.04. The molecule has 0 bridgehead atoms. The molecule has 1 aromatic carbocycles. The lowest BCUT2D eigenvalue weighted by Gasteiger charge is -2.09. The van der Waals surface area contributed by atoms with Crippen molar-refractivity contribution in [3.63, 3.8) is 0 Å². The van der Waals surface area contributed by atoms with E-state index in [4.69, 9.17) is 16.3 Å². The van der Waals surface area contributed by atoms with Crippen LogP contribution in [0.15, 0.2) is 30.5 Å². The van der Waals surface area contributed by atoms with Crippen LogP contribution in [0.3, 0.4) is 0 Å². The second kappa shape index (κ2) is 6.31. The molecule has 0 spiro atoms. The number of aromatic nitrogens is 2. The van der Waals surface area contributed by atoms with Crippen LogP contribution in [0.4, 0.5) is 0 Å². The van der Waals surface area contributed by atoms with Gasteiger partial charge >= 0.3 is 0 Å². The van der Waals surface area contributed by atoms with Gasteiger partial charge in [0.15, 0.2) is 6.29 Å². The van der Waals surface area contributed by atoms with Gasteiger partial charge in [-0.3, -0.25) is 9.48 Å². The average molecular weight is 305 g/mol. The van der Waals surface area contributed by atoms with Crippen LogP contribution >= 0.6 is 11.6 Å². The second-order valence-electron chi connectivity index (χ2n) is 5.31. The number of nitrogens with zero attached hydrogens (tertiary/aromatic N) is 2. The molecular weight excluding hydrogens is 288 g/mol. The van der Waals surface area contributed by atoms with E-state index in [2.05, 4.69) is 5.10 Å². The van der Waals surface area contributed by atoms with Crippen LogP contribution in [0.2, 0.25) is 5.02 Å². The summed E-state index contributed by atoms with van der Waals surface area (Å²) in [6.07, 6.45) is 7.73. The number of hydrogen-bond acceptors (Lipinski definition) is 3. The Morgan fingerprint density at radius 1 is 1.33 bits per heavy atom. The average Bonchev–Trinajstić information content (AvgIpc) is 3.16.